The second-order valence-corrected chi connectivity index (χ2v) is 4.16. The minimum atomic E-state index is -0.923. The second-order valence-electron chi connectivity index (χ2n) is 4.16. The van der Waals surface area contributed by atoms with E-state index < -0.39 is 12.1 Å². The first kappa shape index (κ1) is 13.0. The van der Waals surface area contributed by atoms with Crippen LogP contribution in [0.2, 0.25) is 0 Å². The Kier molecular flexibility index (Phi) is 4.80. The number of aliphatic carboxylic acids is 1. The molecular weight excluding hydrogens is 208 g/mol. The van der Waals surface area contributed by atoms with E-state index in [0.29, 0.717) is 30.6 Å². The van der Waals surface area contributed by atoms with Gasteiger partial charge in [0.25, 0.3) is 0 Å². The third-order valence-corrected chi connectivity index (χ3v) is 2.96. The summed E-state index contributed by atoms with van der Waals surface area (Å²) in [5.74, 6) is -0.451. The van der Waals surface area contributed by atoms with Gasteiger partial charge in [0.15, 0.2) is 0 Å². The molecule has 0 amide bonds. The van der Waals surface area contributed by atoms with E-state index >= 15 is 0 Å². The summed E-state index contributed by atoms with van der Waals surface area (Å²) in [6.07, 6.45) is 2.52. The molecule has 1 unspecified atom stereocenters. The maximum Gasteiger partial charge on any atom is 0.334 e. The van der Waals surface area contributed by atoms with Crippen molar-refractivity contribution in [2.24, 2.45) is 0 Å². The molecule has 1 aliphatic carbocycles. The summed E-state index contributed by atoms with van der Waals surface area (Å²) in [5, 5.41) is 18.6. The lowest BCUT2D eigenvalue weighted by Crippen LogP contribution is -2.23. The van der Waals surface area contributed by atoms with Crippen LogP contribution >= 0.6 is 0 Å². The largest absolute Gasteiger partial charge is 0.494 e. The van der Waals surface area contributed by atoms with Crippen LogP contribution < -0.4 is 0 Å². The van der Waals surface area contributed by atoms with Crippen molar-refractivity contribution >= 4 is 5.97 Å². The van der Waals surface area contributed by atoms with Gasteiger partial charge in [-0.3, -0.25) is 0 Å². The molecule has 0 bridgehead atoms. The zero-order valence-electron chi connectivity index (χ0n) is 9.90. The zero-order valence-corrected chi connectivity index (χ0v) is 9.90. The lowest BCUT2D eigenvalue weighted by Gasteiger charge is -2.25. The maximum atomic E-state index is 11.0. The Bertz CT molecular complexity index is 279. The van der Waals surface area contributed by atoms with Gasteiger partial charge in [0.1, 0.15) is 5.76 Å². The van der Waals surface area contributed by atoms with Gasteiger partial charge in [-0.2, -0.15) is 0 Å². The van der Waals surface area contributed by atoms with Crippen LogP contribution in [0.1, 0.15) is 46.0 Å². The molecule has 92 valence electrons. The molecule has 0 saturated heterocycles. The van der Waals surface area contributed by atoms with Crippen molar-refractivity contribution in [3.63, 3.8) is 0 Å². The minimum absolute atomic E-state index is 0.0506. The van der Waals surface area contributed by atoms with E-state index in [9.17, 15) is 9.90 Å². The molecule has 0 radical (unpaired) electrons. The van der Waals surface area contributed by atoms with E-state index in [-0.39, 0.29) is 6.10 Å². The molecule has 0 spiro atoms. The molecular formula is C12H20O4. The molecule has 2 N–H and O–H groups in total. The van der Waals surface area contributed by atoms with E-state index in [4.69, 9.17) is 9.84 Å². The molecule has 0 aromatic carbocycles. The predicted octanol–water partition coefficient (Wildman–Crippen LogP) is 2.08. The average Bonchev–Trinajstić information content (AvgIpc) is 2.25. The Hall–Kier alpha value is -1.03. The summed E-state index contributed by atoms with van der Waals surface area (Å²) >= 11 is 0. The van der Waals surface area contributed by atoms with Crippen LogP contribution in [0.3, 0.4) is 0 Å². The molecule has 0 aromatic rings. The lowest BCUT2D eigenvalue weighted by molar-refractivity contribution is -0.133. The van der Waals surface area contributed by atoms with Gasteiger partial charge in [-0.1, -0.05) is 13.8 Å². The molecule has 0 saturated carbocycles. The van der Waals surface area contributed by atoms with Crippen LogP contribution in [0.5, 0.6) is 0 Å². The molecule has 0 aromatic heterocycles. The maximum absolute atomic E-state index is 11.0. The Morgan fingerprint density at radius 1 is 1.50 bits per heavy atom. The monoisotopic (exact) mass is 228 g/mol. The summed E-state index contributed by atoms with van der Waals surface area (Å²) in [5.41, 5.74) is 0.331. The standard InChI is InChI=1S/C12H20O4/c1-3-9(4-2)16-11-7-8(13)5-6-10(11)12(14)15/h8-9,13H,3-7H2,1-2H3,(H,14,15). The van der Waals surface area contributed by atoms with Gasteiger partial charge in [0, 0.05) is 6.42 Å². The van der Waals surface area contributed by atoms with E-state index in [2.05, 4.69) is 0 Å². The number of hydrogen-bond acceptors (Lipinski definition) is 3. The van der Waals surface area contributed by atoms with Gasteiger partial charge < -0.3 is 14.9 Å². The number of carboxylic acid groups (broad SMARTS) is 1. The summed E-state index contributed by atoms with van der Waals surface area (Å²) < 4.78 is 5.67. The van der Waals surface area contributed by atoms with Crippen LogP contribution in [-0.4, -0.2) is 28.4 Å². The van der Waals surface area contributed by atoms with Crippen LogP contribution in [0, 0.1) is 0 Å². The van der Waals surface area contributed by atoms with Crippen LogP contribution in [0.15, 0.2) is 11.3 Å². The van der Waals surface area contributed by atoms with Gasteiger partial charge in [0.2, 0.25) is 0 Å². The zero-order chi connectivity index (χ0) is 12.1. The highest BCUT2D eigenvalue weighted by Gasteiger charge is 2.26. The van der Waals surface area contributed by atoms with Crippen molar-refractivity contribution in [1.82, 2.24) is 0 Å². The molecule has 0 heterocycles. The van der Waals surface area contributed by atoms with Crippen molar-refractivity contribution in [3.8, 4) is 0 Å². The Morgan fingerprint density at radius 3 is 2.62 bits per heavy atom. The highest BCUT2D eigenvalue weighted by molar-refractivity contribution is 5.87. The molecule has 1 rings (SSSR count). The SMILES string of the molecule is CCC(CC)OC1=C(C(=O)O)CCC(O)C1. The molecule has 0 fully saturated rings. The topological polar surface area (TPSA) is 66.8 Å². The predicted molar refractivity (Wildman–Crippen MR) is 60.0 cm³/mol. The van der Waals surface area contributed by atoms with Gasteiger partial charge >= 0.3 is 5.97 Å². The fourth-order valence-corrected chi connectivity index (χ4v) is 1.89. The summed E-state index contributed by atoms with van der Waals surface area (Å²) in [6, 6.07) is 0. The highest BCUT2D eigenvalue weighted by Crippen LogP contribution is 2.28. The number of aliphatic hydroxyl groups excluding tert-OH is 1. The number of carbonyl (C=O) groups is 1. The van der Waals surface area contributed by atoms with Crippen LogP contribution in [0.25, 0.3) is 0 Å². The molecule has 4 heteroatoms. The van der Waals surface area contributed by atoms with E-state index in [1.807, 2.05) is 13.8 Å². The van der Waals surface area contributed by atoms with Crippen LogP contribution in [-0.2, 0) is 9.53 Å². The van der Waals surface area contributed by atoms with Gasteiger partial charge in [0.05, 0.1) is 17.8 Å². The van der Waals surface area contributed by atoms with Gasteiger partial charge in [-0.15, -0.1) is 0 Å². The number of hydrogen-bond donors (Lipinski definition) is 2. The molecule has 4 nitrogen and oxygen atoms in total. The quantitative estimate of drug-likeness (QED) is 0.756. The Labute approximate surface area is 95.9 Å². The van der Waals surface area contributed by atoms with Crippen molar-refractivity contribution in [2.75, 3.05) is 0 Å². The van der Waals surface area contributed by atoms with E-state index in [1.54, 1.807) is 0 Å². The van der Waals surface area contributed by atoms with Gasteiger partial charge in [-0.25, -0.2) is 4.79 Å². The minimum Gasteiger partial charge on any atom is -0.494 e. The average molecular weight is 228 g/mol. The molecule has 0 aliphatic heterocycles. The van der Waals surface area contributed by atoms with Crippen molar-refractivity contribution in [2.45, 2.75) is 58.2 Å². The normalized spacial score (nSPS) is 21.4. The lowest BCUT2D eigenvalue weighted by atomic mass is 9.95. The van der Waals surface area contributed by atoms with Gasteiger partial charge in [-0.05, 0) is 25.7 Å². The highest BCUT2D eigenvalue weighted by atomic mass is 16.5. The van der Waals surface area contributed by atoms with Crippen LogP contribution in [0.4, 0.5) is 0 Å². The first-order valence-electron chi connectivity index (χ1n) is 5.88. The third-order valence-electron chi connectivity index (χ3n) is 2.96. The Morgan fingerprint density at radius 2 is 2.12 bits per heavy atom. The molecule has 1 aliphatic rings. The summed E-state index contributed by atoms with van der Waals surface area (Å²) in [6.45, 7) is 4.02. The smallest absolute Gasteiger partial charge is 0.334 e. The number of carboxylic acids is 1. The molecule has 1 atom stereocenters. The first-order valence-corrected chi connectivity index (χ1v) is 5.88. The second kappa shape index (κ2) is 5.89. The van der Waals surface area contributed by atoms with E-state index in [0.717, 1.165) is 12.8 Å². The number of ether oxygens (including phenoxy) is 1. The third kappa shape index (κ3) is 3.23. The van der Waals surface area contributed by atoms with Crippen molar-refractivity contribution < 1.29 is 19.7 Å². The first-order chi connectivity index (χ1) is 7.58. The summed E-state index contributed by atoms with van der Waals surface area (Å²) in [4.78, 5) is 11.0. The fourth-order valence-electron chi connectivity index (χ4n) is 1.89. The summed E-state index contributed by atoms with van der Waals surface area (Å²) in [7, 11) is 0. The fraction of sp³-hybridized carbons (Fsp3) is 0.750. The van der Waals surface area contributed by atoms with E-state index in [1.165, 1.54) is 0 Å². The van der Waals surface area contributed by atoms with Crippen molar-refractivity contribution in [1.29, 1.82) is 0 Å². The molecule has 16 heavy (non-hydrogen) atoms. The number of aliphatic hydroxyl groups is 1. The number of rotatable bonds is 5. The Balaban J connectivity index is 2.80. The van der Waals surface area contributed by atoms with Crippen molar-refractivity contribution in [3.05, 3.63) is 11.3 Å².